The van der Waals surface area contributed by atoms with E-state index in [4.69, 9.17) is 16.7 Å². The molecule has 1 unspecified atom stereocenters. The average molecular weight is 442 g/mol. The number of pyridine rings is 1. The summed E-state index contributed by atoms with van der Waals surface area (Å²) in [6, 6.07) is 11.5. The molecule has 1 aliphatic rings. The van der Waals surface area contributed by atoms with Crippen molar-refractivity contribution in [3.05, 3.63) is 62.9 Å². The number of aryl methyl sites for hydroxylation is 1. The van der Waals surface area contributed by atoms with E-state index in [1.165, 1.54) is 5.01 Å². The quantitative estimate of drug-likeness (QED) is 0.533. The lowest BCUT2D eigenvalue weighted by molar-refractivity contribution is -0.137. The van der Waals surface area contributed by atoms with Gasteiger partial charge in [-0.25, -0.2) is 9.99 Å². The van der Waals surface area contributed by atoms with Crippen molar-refractivity contribution in [1.82, 2.24) is 9.99 Å². The summed E-state index contributed by atoms with van der Waals surface area (Å²) in [5, 5.41) is 18.2. The van der Waals surface area contributed by atoms with Crippen molar-refractivity contribution < 1.29 is 14.7 Å². The van der Waals surface area contributed by atoms with E-state index in [1.54, 1.807) is 11.3 Å². The number of carbonyl (C=O) groups is 2. The van der Waals surface area contributed by atoms with Crippen molar-refractivity contribution in [2.45, 2.75) is 38.6 Å². The third kappa shape index (κ3) is 4.22. The molecular formula is C22H20ClN3O3S. The molecule has 0 spiro atoms. The maximum Gasteiger partial charge on any atom is 0.303 e. The number of fused-ring (bicyclic) bond motifs is 1. The van der Waals surface area contributed by atoms with Crippen molar-refractivity contribution in [3.8, 4) is 0 Å². The lowest BCUT2D eigenvalue weighted by atomic mass is 10.00. The van der Waals surface area contributed by atoms with E-state index >= 15 is 0 Å². The second kappa shape index (κ2) is 8.53. The Morgan fingerprint density at radius 2 is 2.10 bits per heavy atom. The largest absolute Gasteiger partial charge is 0.481 e. The summed E-state index contributed by atoms with van der Waals surface area (Å²) in [5.41, 5.74) is 3.47. The highest BCUT2D eigenvalue weighted by Gasteiger charge is 2.35. The minimum absolute atomic E-state index is 0.0522. The number of carboxylic acid groups (broad SMARTS) is 1. The highest BCUT2D eigenvalue weighted by molar-refractivity contribution is 7.12. The topological polar surface area (TPSA) is 82.9 Å². The maximum absolute atomic E-state index is 12.9. The van der Waals surface area contributed by atoms with E-state index in [2.05, 4.69) is 10.1 Å². The van der Waals surface area contributed by atoms with Gasteiger partial charge < -0.3 is 5.11 Å². The SMILES string of the molecule is Cc1ccc2cc(C3CC(c4cccs4)=NN3C(=O)CCCC(=O)O)c(Cl)nc2c1. The fourth-order valence-electron chi connectivity index (χ4n) is 3.58. The molecule has 6 nitrogen and oxygen atoms in total. The maximum atomic E-state index is 12.9. The smallest absolute Gasteiger partial charge is 0.303 e. The minimum Gasteiger partial charge on any atom is -0.481 e. The summed E-state index contributed by atoms with van der Waals surface area (Å²) in [6.07, 6.45) is 0.861. The molecule has 1 atom stereocenters. The van der Waals surface area contributed by atoms with Crippen LogP contribution in [-0.4, -0.2) is 32.7 Å². The highest BCUT2D eigenvalue weighted by Crippen LogP contribution is 2.38. The summed E-state index contributed by atoms with van der Waals surface area (Å²) in [6.45, 7) is 2.00. The summed E-state index contributed by atoms with van der Waals surface area (Å²) in [4.78, 5) is 29.3. The Morgan fingerprint density at radius 3 is 2.83 bits per heavy atom. The number of nitrogens with zero attached hydrogens (tertiary/aromatic N) is 3. The number of carboxylic acids is 1. The van der Waals surface area contributed by atoms with E-state index in [1.807, 2.05) is 48.7 Å². The highest BCUT2D eigenvalue weighted by atomic mass is 35.5. The number of hydrogen-bond donors (Lipinski definition) is 1. The van der Waals surface area contributed by atoms with Crippen LogP contribution in [0.15, 0.2) is 46.9 Å². The van der Waals surface area contributed by atoms with Crippen LogP contribution in [-0.2, 0) is 9.59 Å². The number of hydrogen-bond acceptors (Lipinski definition) is 5. The summed E-state index contributed by atoms with van der Waals surface area (Å²) in [5.74, 6) is -1.13. The molecule has 8 heteroatoms. The summed E-state index contributed by atoms with van der Waals surface area (Å²) < 4.78 is 0. The standard InChI is InChI=1S/C22H20ClN3O3S/c1-13-7-8-14-11-15(22(23)24-16(14)10-13)18-12-17(19-4-3-9-30-19)25-26(18)20(27)5-2-6-21(28)29/h3-4,7-11,18H,2,5-6,12H2,1H3,(H,28,29). The van der Waals surface area contributed by atoms with Crippen molar-refractivity contribution in [2.75, 3.05) is 0 Å². The Morgan fingerprint density at radius 1 is 1.27 bits per heavy atom. The van der Waals surface area contributed by atoms with Crippen LogP contribution in [0.3, 0.4) is 0 Å². The predicted octanol–water partition coefficient (Wildman–Crippen LogP) is 5.19. The normalized spacial score (nSPS) is 16.1. The van der Waals surface area contributed by atoms with Crippen LogP contribution >= 0.6 is 22.9 Å². The fourth-order valence-corrected chi connectivity index (χ4v) is 4.58. The summed E-state index contributed by atoms with van der Waals surface area (Å²) in [7, 11) is 0. The third-order valence-corrected chi connectivity index (χ3v) is 6.29. The molecule has 0 fully saturated rings. The Kier molecular flexibility index (Phi) is 5.83. The van der Waals surface area contributed by atoms with Crippen molar-refractivity contribution >= 4 is 51.4 Å². The predicted molar refractivity (Wildman–Crippen MR) is 118 cm³/mol. The van der Waals surface area contributed by atoms with Crippen LogP contribution in [0.5, 0.6) is 0 Å². The van der Waals surface area contributed by atoms with Gasteiger partial charge in [0.2, 0.25) is 5.91 Å². The second-order valence-electron chi connectivity index (χ2n) is 7.29. The monoisotopic (exact) mass is 441 g/mol. The number of hydrazone groups is 1. The van der Waals surface area contributed by atoms with Crippen molar-refractivity contribution in [1.29, 1.82) is 0 Å². The average Bonchev–Trinajstić information content (AvgIpc) is 3.37. The molecule has 3 heterocycles. The van der Waals surface area contributed by atoms with Gasteiger partial charge >= 0.3 is 5.97 Å². The van der Waals surface area contributed by atoms with E-state index in [9.17, 15) is 9.59 Å². The lowest BCUT2D eigenvalue weighted by Crippen LogP contribution is -2.27. The van der Waals surface area contributed by atoms with Crippen LogP contribution in [0.1, 0.15) is 47.7 Å². The van der Waals surface area contributed by atoms with Crippen LogP contribution in [0, 0.1) is 6.92 Å². The molecule has 0 aliphatic carbocycles. The molecule has 3 aromatic rings. The van der Waals surface area contributed by atoms with Gasteiger partial charge in [0, 0.05) is 30.2 Å². The molecule has 154 valence electrons. The molecule has 0 saturated heterocycles. The fraction of sp³-hybridized carbons (Fsp3) is 0.273. The number of aromatic nitrogens is 1. The van der Waals surface area contributed by atoms with Crippen LogP contribution in [0.2, 0.25) is 5.15 Å². The molecule has 4 rings (SSSR count). The molecule has 0 bridgehead atoms. The molecule has 30 heavy (non-hydrogen) atoms. The molecule has 1 amide bonds. The van der Waals surface area contributed by atoms with Crippen molar-refractivity contribution in [2.24, 2.45) is 5.10 Å². The number of aliphatic carboxylic acids is 1. The molecule has 1 aromatic carbocycles. The van der Waals surface area contributed by atoms with Gasteiger partial charge in [-0.05, 0) is 42.5 Å². The number of benzene rings is 1. The van der Waals surface area contributed by atoms with Crippen molar-refractivity contribution in [3.63, 3.8) is 0 Å². The van der Waals surface area contributed by atoms with E-state index < -0.39 is 5.97 Å². The first-order chi connectivity index (χ1) is 14.4. The van der Waals surface area contributed by atoms with Crippen LogP contribution in [0.25, 0.3) is 10.9 Å². The Bertz CT molecular complexity index is 1140. The third-order valence-electron chi connectivity index (χ3n) is 5.07. The molecule has 2 aromatic heterocycles. The number of thiophene rings is 1. The summed E-state index contributed by atoms with van der Waals surface area (Å²) >= 11 is 8.12. The van der Waals surface area contributed by atoms with E-state index in [0.29, 0.717) is 11.6 Å². The second-order valence-corrected chi connectivity index (χ2v) is 8.60. The van der Waals surface area contributed by atoms with Gasteiger partial charge in [-0.2, -0.15) is 5.10 Å². The lowest BCUT2D eigenvalue weighted by Gasteiger charge is -2.23. The van der Waals surface area contributed by atoms with Gasteiger partial charge in [0.05, 0.1) is 22.1 Å². The number of halogens is 1. The molecule has 1 aliphatic heterocycles. The zero-order chi connectivity index (χ0) is 21.3. The van der Waals surface area contributed by atoms with Gasteiger partial charge in [0.1, 0.15) is 5.15 Å². The molecule has 0 radical (unpaired) electrons. The number of amides is 1. The first-order valence-corrected chi connectivity index (χ1v) is 10.9. The number of carbonyl (C=O) groups excluding carboxylic acids is 1. The first kappa shape index (κ1) is 20.5. The van der Waals surface area contributed by atoms with Gasteiger partial charge in [-0.15, -0.1) is 11.3 Å². The van der Waals surface area contributed by atoms with Crippen LogP contribution in [0.4, 0.5) is 0 Å². The zero-order valence-corrected chi connectivity index (χ0v) is 17.9. The minimum atomic E-state index is -0.916. The number of rotatable bonds is 6. The Hall–Kier alpha value is -2.77. The van der Waals surface area contributed by atoms with Gasteiger partial charge in [-0.1, -0.05) is 29.8 Å². The van der Waals surface area contributed by atoms with Crippen LogP contribution < -0.4 is 0 Å². The van der Waals surface area contributed by atoms with E-state index in [-0.39, 0.29) is 31.2 Å². The van der Waals surface area contributed by atoms with E-state index in [0.717, 1.165) is 32.6 Å². The Balaban J connectivity index is 1.68. The zero-order valence-electron chi connectivity index (χ0n) is 16.3. The van der Waals surface area contributed by atoms with Gasteiger partial charge in [0.25, 0.3) is 0 Å². The molecular weight excluding hydrogens is 422 g/mol. The Labute approximate surface area is 182 Å². The van der Waals surface area contributed by atoms with Gasteiger partial charge in [-0.3, -0.25) is 9.59 Å². The first-order valence-electron chi connectivity index (χ1n) is 9.64. The molecule has 1 N–H and O–H groups in total. The molecule has 0 saturated carbocycles. The van der Waals surface area contributed by atoms with Gasteiger partial charge in [0.15, 0.2) is 0 Å².